The Balaban J connectivity index is 1.73. The Morgan fingerprint density at radius 1 is 1.00 bits per heavy atom. The molecule has 0 bridgehead atoms. The van der Waals surface area contributed by atoms with Crippen molar-refractivity contribution in [3.05, 3.63) is 58.1 Å². The van der Waals surface area contributed by atoms with Crippen molar-refractivity contribution in [2.75, 3.05) is 43.4 Å². The lowest BCUT2D eigenvalue weighted by Gasteiger charge is -2.34. The van der Waals surface area contributed by atoms with Crippen LogP contribution in [-0.4, -0.2) is 44.0 Å². The van der Waals surface area contributed by atoms with Crippen molar-refractivity contribution in [1.29, 1.82) is 0 Å². The summed E-state index contributed by atoms with van der Waals surface area (Å²) in [5.41, 5.74) is 2.10. The van der Waals surface area contributed by atoms with Crippen molar-refractivity contribution in [3.63, 3.8) is 0 Å². The smallest absolute Gasteiger partial charge is 0.257 e. The zero-order valence-electron chi connectivity index (χ0n) is 13.4. The average molecular weight is 364 g/mol. The first-order chi connectivity index (χ1) is 11.5. The van der Waals surface area contributed by atoms with Gasteiger partial charge in [0.25, 0.3) is 5.91 Å². The maximum Gasteiger partial charge on any atom is 0.257 e. The number of rotatable bonds is 3. The predicted molar refractivity (Wildman–Crippen MR) is 101 cm³/mol. The van der Waals surface area contributed by atoms with Crippen LogP contribution in [0.15, 0.2) is 42.5 Å². The second kappa shape index (κ2) is 7.43. The number of hydrogen-bond acceptors (Lipinski definition) is 3. The second-order valence-electron chi connectivity index (χ2n) is 5.89. The van der Waals surface area contributed by atoms with E-state index in [0.29, 0.717) is 21.3 Å². The summed E-state index contributed by atoms with van der Waals surface area (Å²) in [5, 5.41) is 3.90. The van der Waals surface area contributed by atoms with E-state index in [4.69, 9.17) is 23.2 Å². The molecule has 0 spiro atoms. The standard InChI is InChI=1S/C18H19Cl2N3O/c1-22-8-10-23(11-9-22)17-7-6-13(12-16(17)20)21-18(24)14-4-2-3-5-15(14)19/h2-7,12H,8-11H2,1H3,(H,21,24). The summed E-state index contributed by atoms with van der Waals surface area (Å²) in [6.45, 7) is 3.92. The van der Waals surface area contributed by atoms with Crippen LogP contribution in [0.4, 0.5) is 11.4 Å². The Hall–Kier alpha value is -1.75. The van der Waals surface area contributed by atoms with E-state index in [0.717, 1.165) is 31.9 Å². The Labute approximate surface area is 152 Å². The summed E-state index contributed by atoms with van der Waals surface area (Å²) in [4.78, 5) is 16.9. The van der Waals surface area contributed by atoms with Gasteiger partial charge in [-0.05, 0) is 37.4 Å². The molecule has 0 radical (unpaired) electrons. The number of benzene rings is 2. The van der Waals surface area contributed by atoms with Gasteiger partial charge in [0.15, 0.2) is 0 Å². The summed E-state index contributed by atoms with van der Waals surface area (Å²) in [6.07, 6.45) is 0. The summed E-state index contributed by atoms with van der Waals surface area (Å²) < 4.78 is 0. The number of carbonyl (C=O) groups excluding carboxylic acids is 1. The highest BCUT2D eigenvalue weighted by Gasteiger charge is 2.17. The molecule has 0 unspecified atom stereocenters. The molecule has 0 saturated carbocycles. The summed E-state index contributed by atoms with van der Waals surface area (Å²) in [7, 11) is 2.12. The molecule has 1 saturated heterocycles. The zero-order chi connectivity index (χ0) is 17.1. The Bertz CT molecular complexity index is 743. The predicted octanol–water partition coefficient (Wildman–Crippen LogP) is 4.00. The molecule has 4 nitrogen and oxygen atoms in total. The lowest BCUT2D eigenvalue weighted by Crippen LogP contribution is -2.44. The maximum atomic E-state index is 12.3. The first-order valence-corrected chi connectivity index (χ1v) is 8.59. The van der Waals surface area contributed by atoms with Gasteiger partial charge in [0, 0.05) is 31.9 Å². The van der Waals surface area contributed by atoms with Gasteiger partial charge in [-0.2, -0.15) is 0 Å². The maximum absolute atomic E-state index is 12.3. The van der Waals surface area contributed by atoms with Gasteiger partial charge in [-0.25, -0.2) is 0 Å². The lowest BCUT2D eigenvalue weighted by atomic mass is 10.2. The van der Waals surface area contributed by atoms with Crippen LogP contribution in [0.1, 0.15) is 10.4 Å². The van der Waals surface area contributed by atoms with Crippen molar-refractivity contribution < 1.29 is 4.79 Å². The third kappa shape index (κ3) is 3.83. The minimum atomic E-state index is -0.246. The topological polar surface area (TPSA) is 35.6 Å². The van der Waals surface area contributed by atoms with Crippen molar-refractivity contribution in [2.24, 2.45) is 0 Å². The van der Waals surface area contributed by atoms with Crippen molar-refractivity contribution in [1.82, 2.24) is 4.90 Å². The molecular weight excluding hydrogens is 345 g/mol. The highest BCUT2D eigenvalue weighted by Crippen LogP contribution is 2.30. The normalized spacial score (nSPS) is 15.4. The first-order valence-electron chi connectivity index (χ1n) is 7.83. The summed E-state index contributed by atoms with van der Waals surface area (Å²) in [6, 6.07) is 12.6. The lowest BCUT2D eigenvalue weighted by molar-refractivity contribution is 0.102. The molecule has 6 heteroatoms. The SMILES string of the molecule is CN1CCN(c2ccc(NC(=O)c3ccccc3Cl)cc2Cl)CC1. The van der Waals surface area contributed by atoms with Crippen LogP contribution in [0.2, 0.25) is 10.0 Å². The monoisotopic (exact) mass is 363 g/mol. The molecule has 126 valence electrons. The van der Waals surface area contributed by atoms with Gasteiger partial charge in [0.05, 0.1) is 21.3 Å². The molecule has 2 aromatic carbocycles. The van der Waals surface area contributed by atoms with Crippen LogP contribution < -0.4 is 10.2 Å². The van der Waals surface area contributed by atoms with Gasteiger partial charge >= 0.3 is 0 Å². The average Bonchev–Trinajstić information content (AvgIpc) is 2.56. The van der Waals surface area contributed by atoms with E-state index in [1.54, 1.807) is 30.3 Å². The largest absolute Gasteiger partial charge is 0.368 e. The molecule has 1 N–H and O–H groups in total. The molecule has 1 amide bonds. The van der Waals surface area contributed by atoms with Crippen LogP contribution in [0.5, 0.6) is 0 Å². The minimum absolute atomic E-state index is 0.246. The number of nitrogens with zero attached hydrogens (tertiary/aromatic N) is 2. The van der Waals surface area contributed by atoms with Crippen LogP contribution in [0.25, 0.3) is 0 Å². The summed E-state index contributed by atoms with van der Waals surface area (Å²) in [5.74, 6) is -0.246. The Morgan fingerprint density at radius 3 is 2.38 bits per heavy atom. The van der Waals surface area contributed by atoms with Gasteiger partial charge < -0.3 is 15.1 Å². The highest BCUT2D eigenvalue weighted by molar-refractivity contribution is 6.35. The third-order valence-electron chi connectivity index (χ3n) is 4.17. The highest BCUT2D eigenvalue weighted by atomic mass is 35.5. The molecule has 1 heterocycles. The van der Waals surface area contributed by atoms with Gasteiger partial charge in [-0.15, -0.1) is 0 Å². The van der Waals surface area contributed by atoms with Crippen LogP contribution >= 0.6 is 23.2 Å². The van der Waals surface area contributed by atoms with E-state index in [9.17, 15) is 4.79 Å². The number of halogens is 2. The van der Waals surface area contributed by atoms with E-state index in [2.05, 4.69) is 22.2 Å². The van der Waals surface area contributed by atoms with E-state index in [-0.39, 0.29) is 5.91 Å². The molecule has 24 heavy (non-hydrogen) atoms. The number of likely N-dealkylation sites (N-methyl/N-ethyl adjacent to an activating group) is 1. The zero-order valence-corrected chi connectivity index (χ0v) is 14.9. The molecule has 1 aliphatic heterocycles. The fourth-order valence-corrected chi connectivity index (χ4v) is 3.25. The Kier molecular flexibility index (Phi) is 5.29. The van der Waals surface area contributed by atoms with Crippen molar-refractivity contribution in [2.45, 2.75) is 0 Å². The van der Waals surface area contributed by atoms with E-state index >= 15 is 0 Å². The minimum Gasteiger partial charge on any atom is -0.368 e. The van der Waals surface area contributed by atoms with Crippen LogP contribution in [0.3, 0.4) is 0 Å². The number of piperazine rings is 1. The third-order valence-corrected chi connectivity index (χ3v) is 4.80. The number of hydrogen-bond donors (Lipinski definition) is 1. The van der Waals surface area contributed by atoms with Gasteiger partial charge in [-0.1, -0.05) is 35.3 Å². The van der Waals surface area contributed by atoms with Crippen LogP contribution in [0, 0.1) is 0 Å². The van der Waals surface area contributed by atoms with Gasteiger partial charge in [0.1, 0.15) is 0 Å². The number of nitrogens with one attached hydrogen (secondary N) is 1. The quantitative estimate of drug-likeness (QED) is 0.894. The molecule has 3 rings (SSSR count). The molecule has 1 aliphatic rings. The molecule has 0 aromatic heterocycles. The molecule has 2 aromatic rings. The second-order valence-corrected chi connectivity index (χ2v) is 6.70. The molecule has 0 atom stereocenters. The van der Waals surface area contributed by atoms with Gasteiger partial charge in [0.2, 0.25) is 0 Å². The van der Waals surface area contributed by atoms with E-state index in [1.807, 2.05) is 12.1 Å². The first kappa shape index (κ1) is 17.1. The number of amides is 1. The van der Waals surface area contributed by atoms with E-state index < -0.39 is 0 Å². The van der Waals surface area contributed by atoms with Crippen molar-refractivity contribution >= 4 is 40.5 Å². The molecule has 0 aliphatic carbocycles. The van der Waals surface area contributed by atoms with E-state index in [1.165, 1.54) is 0 Å². The fourth-order valence-electron chi connectivity index (χ4n) is 2.73. The van der Waals surface area contributed by atoms with Crippen molar-refractivity contribution in [3.8, 4) is 0 Å². The molecule has 1 fully saturated rings. The number of carbonyl (C=O) groups is 1. The fraction of sp³-hybridized carbons (Fsp3) is 0.278. The van der Waals surface area contributed by atoms with Gasteiger partial charge in [-0.3, -0.25) is 4.79 Å². The Morgan fingerprint density at radius 2 is 1.71 bits per heavy atom. The number of anilines is 2. The van der Waals surface area contributed by atoms with Crippen LogP contribution in [-0.2, 0) is 0 Å². The summed E-state index contributed by atoms with van der Waals surface area (Å²) >= 11 is 12.5. The molecular formula is C18H19Cl2N3O.